The van der Waals surface area contributed by atoms with Crippen LogP contribution < -0.4 is 5.32 Å². The van der Waals surface area contributed by atoms with E-state index in [0.29, 0.717) is 18.7 Å². The second-order valence-electron chi connectivity index (χ2n) is 4.09. The van der Waals surface area contributed by atoms with Gasteiger partial charge >= 0.3 is 0 Å². The number of ether oxygens (including phenoxy) is 1. The Kier molecular flexibility index (Phi) is 3.03. The van der Waals surface area contributed by atoms with Gasteiger partial charge in [-0.25, -0.2) is 0 Å². The van der Waals surface area contributed by atoms with Crippen LogP contribution in [0.3, 0.4) is 0 Å². The second-order valence-corrected chi connectivity index (χ2v) is 4.09. The number of hydrogen-bond donors (Lipinski definition) is 1. The van der Waals surface area contributed by atoms with Crippen molar-refractivity contribution in [2.45, 2.75) is 31.3 Å². The number of nitrogens with one attached hydrogen (secondary N) is 1. The van der Waals surface area contributed by atoms with Gasteiger partial charge in [0, 0.05) is 6.04 Å². The molecule has 2 rings (SSSR count). The van der Waals surface area contributed by atoms with E-state index in [-0.39, 0.29) is 12.5 Å². The molecule has 1 N–H and O–H groups in total. The van der Waals surface area contributed by atoms with Crippen molar-refractivity contribution in [2.24, 2.45) is 0 Å². The van der Waals surface area contributed by atoms with E-state index in [1.165, 1.54) is 12.8 Å². The van der Waals surface area contributed by atoms with Crippen LogP contribution in [0.25, 0.3) is 0 Å². The van der Waals surface area contributed by atoms with Crippen LogP contribution in [0.4, 0.5) is 0 Å². The van der Waals surface area contributed by atoms with Crippen molar-refractivity contribution in [3.63, 3.8) is 0 Å². The second kappa shape index (κ2) is 4.28. The Balaban J connectivity index is 1.93. The first-order chi connectivity index (χ1) is 6.83. The molecule has 2 aliphatic rings. The molecular formula is C10H18N2O2. The molecule has 1 aliphatic carbocycles. The summed E-state index contributed by atoms with van der Waals surface area (Å²) in [6.07, 6.45) is 3.36. The van der Waals surface area contributed by atoms with Crippen molar-refractivity contribution in [1.82, 2.24) is 10.2 Å². The summed E-state index contributed by atoms with van der Waals surface area (Å²) in [6.45, 7) is 1.95. The maximum absolute atomic E-state index is 11.6. The lowest BCUT2D eigenvalue weighted by atomic mass is 10.1. The number of amides is 1. The van der Waals surface area contributed by atoms with Gasteiger partial charge in [-0.05, 0) is 32.9 Å². The van der Waals surface area contributed by atoms with Crippen LogP contribution in [0.15, 0.2) is 0 Å². The van der Waals surface area contributed by atoms with Gasteiger partial charge in [-0.3, -0.25) is 4.79 Å². The van der Waals surface area contributed by atoms with E-state index < -0.39 is 0 Å². The summed E-state index contributed by atoms with van der Waals surface area (Å²) in [4.78, 5) is 13.7. The number of morpholine rings is 1. The standard InChI is InChI=1S/C10H18N2O2/c1-11-5-4-9-6-14-7-10(13)12(9)8-2-3-8/h8-9,11H,2-7H2,1H3. The summed E-state index contributed by atoms with van der Waals surface area (Å²) in [6, 6.07) is 0.824. The molecule has 14 heavy (non-hydrogen) atoms. The van der Waals surface area contributed by atoms with Gasteiger partial charge < -0.3 is 15.0 Å². The first kappa shape index (κ1) is 9.93. The highest BCUT2D eigenvalue weighted by Crippen LogP contribution is 2.31. The average molecular weight is 198 g/mol. The first-order valence-corrected chi connectivity index (χ1v) is 5.36. The lowest BCUT2D eigenvalue weighted by molar-refractivity contribution is -0.149. The molecule has 4 nitrogen and oxygen atoms in total. The molecule has 1 amide bonds. The molecule has 0 spiro atoms. The summed E-state index contributed by atoms with van der Waals surface area (Å²) in [7, 11) is 1.94. The zero-order chi connectivity index (χ0) is 9.97. The van der Waals surface area contributed by atoms with Crippen molar-refractivity contribution < 1.29 is 9.53 Å². The molecule has 1 heterocycles. The lowest BCUT2D eigenvalue weighted by Gasteiger charge is -2.35. The van der Waals surface area contributed by atoms with Gasteiger partial charge in [0.2, 0.25) is 5.91 Å². The molecule has 1 atom stereocenters. The van der Waals surface area contributed by atoms with Gasteiger partial charge in [-0.15, -0.1) is 0 Å². The average Bonchev–Trinajstić information content (AvgIpc) is 2.98. The predicted octanol–water partition coefficient (Wildman–Crippen LogP) is -0.0143. The lowest BCUT2D eigenvalue weighted by Crippen LogP contribution is -2.51. The zero-order valence-electron chi connectivity index (χ0n) is 8.66. The topological polar surface area (TPSA) is 41.6 Å². The Morgan fingerprint density at radius 2 is 2.36 bits per heavy atom. The minimum absolute atomic E-state index is 0.180. The molecule has 0 bridgehead atoms. The summed E-state index contributed by atoms with van der Waals surface area (Å²) in [5.41, 5.74) is 0. The summed E-state index contributed by atoms with van der Waals surface area (Å²) < 4.78 is 5.28. The van der Waals surface area contributed by atoms with E-state index in [1.807, 2.05) is 7.05 Å². The molecular weight excluding hydrogens is 180 g/mol. The number of rotatable bonds is 4. The minimum Gasteiger partial charge on any atom is -0.369 e. The van der Waals surface area contributed by atoms with E-state index in [2.05, 4.69) is 10.2 Å². The molecule has 1 aliphatic heterocycles. The Bertz CT molecular complexity index is 216. The molecule has 2 fully saturated rings. The zero-order valence-corrected chi connectivity index (χ0v) is 8.66. The van der Waals surface area contributed by atoms with E-state index in [4.69, 9.17) is 4.74 Å². The first-order valence-electron chi connectivity index (χ1n) is 5.36. The molecule has 0 aromatic carbocycles. The van der Waals surface area contributed by atoms with Crippen molar-refractivity contribution in [1.29, 1.82) is 0 Å². The van der Waals surface area contributed by atoms with Crippen LogP contribution in [0.5, 0.6) is 0 Å². The normalized spacial score (nSPS) is 28.2. The Morgan fingerprint density at radius 3 is 3.00 bits per heavy atom. The van der Waals surface area contributed by atoms with Crippen LogP contribution >= 0.6 is 0 Å². The van der Waals surface area contributed by atoms with Crippen LogP contribution in [-0.4, -0.2) is 49.7 Å². The summed E-state index contributed by atoms with van der Waals surface area (Å²) >= 11 is 0. The number of hydrogen-bond acceptors (Lipinski definition) is 3. The molecule has 0 radical (unpaired) electrons. The largest absolute Gasteiger partial charge is 0.369 e. The van der Waals surface area contributed by atoms with Gasteiger partial charge in [-0.2, -0.15) is 0 Å². The maximum Gasteiger partial charge on any atom is 0.249 e. The van der Waals surface area contributed by atoms with Crippen molar-refractivity contribution in [3.05, 3.63) is 0 Å². The minimum atomic E-state index is 0.180. The fourth-order valence-corrected chi connectivity index (χ4v) is 2.03. The SMILES string of the molecule is CNCCC1COCC(=O)N1C1CC1. The monoisotopic (exact) mass is 198 g/mol. The number of carbonyl (C=O) groups excluding carboxylic acids is 1. The van der Waals surface area contributed by atoms with Gasteiger partial charge in [0.05, 0.1) is 12.6 Å². The van der Waals surface area contributed by atoms with Gasteiger partial charge in [-0.1, -0.05) is 0 Å². The molecule has 1 unspecified atom stereocenters. The highest BCUT2D eigenvalue weighted by molar-refractivity contribution is 5.79. The van der Waals surface area contributed by atoms with Gasteiger partial charge in [0.25, 0.3) is 0 Å². The van der Waals surface area contributed by atoms with Gasteiger partial charge in [0.15, 0.2) is 0 Å². The summed E-state index contributed by atoms with van der Waals surface area (Å²) in [5, 5.41) is 3.12. The molecule has 0 aromatic rings. The van der Waals surface area contributed by atoms with Gasteiger partial charge in [0.1, 0.15) is 6.61 Å². The third kappa shape index (κ3) is 2.07. The van der Waals surface area contributed by atoms with Crippen LogP contribution in [-0.2, 0) is 9.53 Å². The Labute approximate surface area is 84.6 Å². The fourth-order valence-electron chi connectivity index (χ4n) is 2.03. The Morgan fingerprint density at radius 1 is 1.57 bits per heavy atom. The number of carbonyl (C=O) groups is 1. The van der Waals surface area contributed by atoms with Crippen LogP contribution in [0.2, 0.25) is 0 Å². The van der Waals surface area contributed by atoms with Crippen LogP contribution in [0, 0.1) is 0 Å². The highest BCUT2D eigenvalue weighted by atomic mass is 16.5. The smallest absolute Gasteiger partial charge is 0.249 e. The van der Waals surface area contributed by atoms with Crippen molar-refractivity contribution in [2.75, 3.05) is 26.8 Å². The quantitative estimate of drug-likeness (QED) is 0.690. The number of nitrogens with zero attached hydrogens (tertiary/aromatic N) is 1. The van der Waals surface area contributed by atoms with E-state index in [9.17, 15) is 4.79 Å². The maximum atomic E-state index is 11.6. The molecule has 4 heteroatoms. The highest BCUT2D eigenvalue weighted by Gasteiger charge is 2.39. The molecule has 0 aromatic heterocycles. The summed E-state index contributed by atoms with van der Waals surface area (Å²) in [5.74, 6) is 0.180. The predicted molar refractivity (Wildman–Crippen MR) is 53.0 cm³/mol. The van der Waals surface area contributed by atoms with E-state index in [0.717, 1.165) is 13.0 Å². The van der Waals surface area contributed by atoms with Crippen molar-refractivity contribution >= 4 is 5.91 Å². The van der Waals surface area contributed by atoms with E-state index in [1.54, 1.807) is 0 Å². The molecule has 1 saturated carbocycles. The van der Waals surface area contributed by atoms with Crippen molar-refractivity contribution in [3.8, 4) is 0 Å². The fraction of sp³-hybridized carbons (Fsp3) is 0.900. The molecule has 80 valence electrons. The van der Waals surface area contributed by atoms with Crippen LogP contribution in [0.1, 0.15) is 19.3 Å². The Hall–Kier alpha value is -0.610. The third-order valence-corrected chi connectivity index (χ3v) is 2.88. The molecule has 1 saturated heterocycles. The van der Waals surface area contributed by atoms with E-state index >= 15 is 0 Å². The third-order valence-electron chi connectivity index (χ3n) is 2.88.